The highest BCUT2D eigenvalue weighted by molar-refractivity contribution is 5.20. The Labute approximate surface area is 103 Å². The molecule has 4 nitrogen and oxygen atoms in total. The minimum atomic E-state index is 0.610. The highest BCUT2D eigenvalue weighted by atomic mass is 16.5. The number of aromatic nitrogens is 1. The average molecular weight is 237 g/mol. The molecule has 1 aromatic rings. The Kier molecular flexibility index (Phi) is 3.84. The Morgan fingerprint density at radius 1 is 1.29 bits per heavy atom. The van der Waals surface area contributed by atoms with Crippen molar-refractivity contribution in [3.05, 3.63) is 17.0 Å². The number of nitrogens with one attached hydrogen (secondary N) is 1. The molecular weight excluding hydrogens is 214 g/mol. The molecular formula is C13H23N3O. The minimum absolute atomic E-state index is 0.610. The molecule has 0 amide bonds. The van der Waals surface area contributed by atoms with Gasteiger partial charge in [-0.3, -0.25) is 5.43 Å². The predicted molar refractivity (Wildman–Crippen MR) is 67.4 cm³/mol. The maximum atomic E-state index is 5.18. The largest absolute Gasteiger partial charge is 0.361 e. The topological polar surface area (TPSA) is 41.3 Å². The highest BCUT2D eigenvalue weighted by Gasteiger charge is 2.24. The molecule has 17 heavy (non-hydrogen) atoms. The number of hydrazine groups is 1. The molecule has 1 N–H and O–H groups in total. The smallest absolute Gasteiger partial charge is 0.138 e. The fourth-order valence-corrected chi connectivity index (χ4v) is 2.66. The molecule has 2 atom stereocenters. The first-order valence-electron chi connectivity index (χ1n) is 6.53. The second-order valence-corrected chi connectivity index (χ2v) is 5.17. The molecule has 2 unspecified atom stereocenters. The van der Waals surface area contributed by atoms with Gasteiger partial charge in [-0.05, 0) is 40.5 Å². The molecule has 0 spiro atoms. The normalized spacial score (nSPS) is 26.4. The second-order valence-electron chi connectivity index (χ2n) is 5.17. The van der Waals surface area contributed by atoms with E-state index in [1.54, 1.807) is 0 Å². The first-order valence-corrected chi connectivity index (χ1v) is 6.53. The van der Waals surface area contributed by atoms with Crippen LogP contribution in [0.5, 0.6) is 0 Å². The summed E-state index contributed by atoms with van der Waals surface area (Å²) in [7, 11) is 0. The SMILES string of the molecule is Cc1noc(C)c1CNN1C(C)CCCC1C. The molecule has 1 aliphatic heterocycles. The first kappa shape index (κ1) is 12.6. The van der Waals surface area contributed by atoms with Crippen molar-refractivity contribution >= 4 is 0 Å². The van der Waals surface area contributed by atoms with Gasteiger partial charge in [0.05, 0.1) is 5.69 Å². The van der Waals surface area contributed by atoms with Crippen LogP contribution in [-0.2, 0) is 6.54 Å². The lowest BCUT2D eigenvalue weighted by molar-refractivity contribution is 0.0433. The van der Waals surface area contributed by atoms with E-state index in [1.807, 2.05) is 13.8 Å². The summed E-state index contributed by atoms with van der Waals surface area (Å²) in [4.78, 5) is 0. The molecule has 2 heterocycles. The van der Waals surface area contributed by atoms with E-state index in [0.29, 0.717) is 12.1 Å². The molecule has 1 aliphatic rings. The van der Waals surface area contributed by atoms with Gasteiger partial charge >= 0.3 is 0 Å². The van der Waals surface area contributed by atoms with Gasteiger partial charge in [-0.2, -0.15) is 0 Å². The van der Waals surface area contributed by atoms with E-state index in [1.165, 1.54) is 24.8 Å². The lowest BCUT2D eigenvalue weighted by atomic mass is 10.00. The third-order valence-electron chi connectivity index (χ3n) is 3.81. The van der Waals surface area contributed by atoms with Crippen molar-refractivity contribution in [3.63, 3.8) is 0 Å². The summed E-state index contributed by atoms with van der Waals surface area (Å²) in [5.41, 5.74) is 5.72. The fourth-order valence-electron chi connectivity index (χ4n) is 2.66. The third kappa shape index (κ3) is 2.69. The van der Waals surface area contributed by atoms with Crippen LogP contribution < -0.4 is 5.43 Å². The van der Waals surface area contributed by atoms with Gasteiger partial charge in [0.2, 0.25) is 0 Å². The van der Waals surface area contributed by atoms with Crippen molar-refractivity contribution in [3.8, 4) is 0 Å². The molecule has 96 valence electrons. The summed E-state index contributed by atoms with van der Waals surface area (Å²) in [5.74, 6) is 0.923. The monoisotopic (exact) mass is 237 g/mol. The number of hydrogen-bond acceptors (Lipinski definition) is 4. The Morgan fingerprint density at radius 2 is 1.94 bits per heavy atom. The molecule has 1 saturated heterocycles. The molecule has 2 rings (SSSR count). The van der Waals surface area contributed by atoms with Gasteiger partial charge in [-0.1, -0.05) is 11.6 Å². The Balaban J connectivity index is 1.97. The van der Waals surface area contributed by atoms with Gasteiger partial charge in [0.25, 0.3) is 0 Å². The van der Waals surface area contributed by atoms with Gasteiger partial charge in [0.1, 0.15) is 5.76 Å². The van der Waals surface area contributed by atoms with Gasteiger partial charge in [-0.25, -0.2) is 5.01 Å². The number of hydrogen-bond donors (Lipinski definition) is 1. The van der Waals surface area contributed by atoms with Crippen molar-refractivity contribution in [2.45, 2.75) is 65.6 Å². The van der Waals surface area contributed by atoms with E-state index in [-0.39, 0.29) is 0 Å². The number of nitrogens with zero attached hydrogens (tertiary/aromatic N) is 2. The molecule has 1 fully saturated rings. The maximum absolute atomic E-state index is 5.18. The van der Waals surface area contributed by atoms with Crippen LogP contribution in [0.1, 0.15) is 50.1 Å². The quantitative estimate of drug-likeness (QED) is 0.877. The molecule has 0 aromatic carbocycles. The lowest BCUT2D eigenvalue weighted by Gasteiger charge is -2.39. The third-order valence-corrected chi connectivity index (χ3v) is 3.81. The summed E-state index contributed by atoms with van der Waals surface area (Å²) in [6.07, 6.45) is 3.89. The fraction of sp³-hybridized carbons (Fsp3) is 0.769. The Hall–Kier alpha value is -0.870. The van der Waals surface area contributed by atoms with Crippen molar-refractivity contribution in [1.82, 2.24) is 15.6 Å². The zero-order chi connectivity index (χ0) is 12.4. The molecule has 4 heteroatoms. The van der Waals surface area contributed by atoms with Crippen LogP contribution in [0.15, 0.2) is 4.52 Å². The Bertz CT molecular complexity index is 345. The summed E-state index contributed by atoms with van der Waals surface area (Å²) >= 11 is 0. The van der Waals surface area contributed by atoms with Crippen molar-refractivity contribution in [2.24, 2.45) is 0 Å². The van der Waals surface area contributed by atoms with Crippen LogP contribution in [0.2, 0.25) is 0 Å². The molecule has 0 radical (unpaired) electrons. The van der Waals surface area contributed by atoms with Gasteiger partial charge < -0.3 is 4.52 Å². The van der Waals surface area contributed by atoms with E-state index >= 15 is 0 Å². The van der Waals surface area contributed by atoms with Crippen molar-refractivity contribution < 1.29 is 4.52 Å². The highest BCUT2D eigenvalue weighted by Crippen LogP contribution is 2.21. The number of aryl methyl sites for hydroxylation is 2. The lowest BCUT2D eigenvalue weighted by Crippen LogP contribution is -2.51. The summed E-state index contributed by atoms with van der Waals surface area (Å²) in [5, 5.41) is 6.37. The molecule has 1 aromatic heterocycles. The summed E-state index contributed by atoms with van der Waals surface area (Å²) in [6.45, 7) is 9.36. The van der Waals surface area contributed by atoms with Gasteiger partial charge in [0.15, 0.2) is 0 Å². The van der Waals surface area contributed by atoms with Crippen LogP contribution in [-0.4, -0.2) is 22.2 Å². The molecule has 0 bridgehead atoms. The van der Waals surface area contributed by atoms with Crippen molar-refractivity contribution in [2.75, 3.05) is 0 Å². The second kappa shape index (κ2) is 5.19. The van der Waals surface area contributed by atoms with Gasteiger partial charge in [-0.15, -0.1) is 0 Å². The van der Waals surface area contributed by atoms with Crippen LogP contribution in [0, 0.1) is 13.8 Å². The van der Waals surface area contributed by atoms with Crippen LogP contribution in [0.3, 0.4) is 0 Å². The summed E-state index contributed by atoms with van der Waals surface area (Å²) < 4.78 is 5.18. The van der Waals surface area contributed by atoms with E-state index in [4.69, 9.17) is 4.52 Å². The summed E-state index contributed by atoms with van der Waals surface area (Å²) in [6, 6.07) is 1.22. The first-order chi connectivity index (χ1) is 8.09. The maximum Gasteiger partial charge on any atom is 0.138 e. The predicted octanol–water partition coefficient (Wildman–Crippen LogP) is 2.56. The standard InChI is InChI=1S/C13H23N3O/c1-9-6-5-7-10(2)16(9)14-8-13-11(3)15-17-12(13)4/h9-10,14H,5-8H2,1-4H3. The van der Waals surface area contributed by atoms with E-state index in [9.17, 15) is 0 Å². The van der Waals surface area contributed by atoms with Crippen LogP contribution in [0.4, 0.5) is 0 Å². The molecule has 0 saturated carbocycles. The van der Waals surface area contributed by atoms with Crippen LogP contribution >= 0.6 is 0 Å². The number of piperidine rings is 1. The minimum Gasteiger partial charge on any atom is -0.361 e. The Morgan fingerprint density at radius 3 is 2.47 bits per heavy atom. The molecule has 0 aliphatic carbocycles. The van der Waals surface area contributed by atoms with E-state index < -0.39 is 0 Å². The number of rotatable bonds is 3. The van der Waals surface area contributed by atoms with E-state index in [0.717, 1.165) is 18.0 Å². The van der Waals surface area contributed by atoms with Crippen LogP contribution in [0.25, 0.3) is 0 Å². The van der Waals surface area contributed by atoms with Crippen molar-refractivity contribution in [1.29, 1.82) is 0 Å². The zero-order valence-electron chi connectivity index (χ0n) is 11.3. The zero-order valence-corrected chi connectivity index (χ0v) is 11.3. The van der Waals surface area contributed by atoms with Gasteiger partial charge in [0, 0.05) is 24.2 Å². The van der Waals surface area contributed by atoms with E-state index in [2.05, 4.69) is 29.4 Å². The average Bonchev–Trinajstić information content (AvgIpc) is 2.59.